The van der Waals surface area contributed by atoms with E-state index in [2.05, 4.69) is 9.50 Å². The second-order valence-corrected chi connectivity index (χ2v) is 4.01. The molecule has 0 saturated carbocycles. The van der Waals surface area contributed by atoms with Crippen molar-refractivity contribution in [1.29, 1.82) is 0 Å². The first-order valence-corrected chi connectivity index (χ1v) is 5.54. The van der Waals surface area contributed by atoms with Crippen LogP contribution in [-0.4, -0.2) is 25.2 Å². The van der Waals surface area contributed by atoms with E-state index in [1.807, 2.05) is 0 Å². The molecule has 0 bridgehead atoms. The maximum atomic E-state index is 11.3. The second kappa shape index (κ2) is 3.74. The summed E-state index contributed by atoms with van der Waals surface area (Å²) in [6, 6.07) is 6.42. The summed E-state index contributed by atoms with van der Waals surface area (Å²) in [6.07, 6.45) is -1.72. The topological polar surface area (TPSA) is 102 Å². The summed E-state index contributed by atoms with van der Waals surface area (Å²) in [5, 5.41) is 2.37. The van der Waals surface area contributed by atoms with Crippen LogP contribution in [0.15, 0.2) is 24.3 Å². The van der Waals surface area contributed by atoms with E-state index in [1.54, 1.807) is 18.2 Å². The minimum atomic E-state index is -4.75. The third-order valence-corrected chi connectivity index (χ3v) is 2.22. The van der Waals surface area contributed by atoms with E-state index < -0.39 is 22.6 Å². The first-order valence-electron chi connectivity index (χ1n) is 4.18. The van der Waals surface area contributed by atoms with Gasteiger partial charge >= 0.3 is 10.4 Å². The van der Waals surface area contributed by atoms with Crippen LogP contribution < -0.4 is 10.1 Å². The Labute approximate surface area is 90.9 Å². The Bertz CT molecular complexity index is 525. The van der Waals surface area contributed by atoms with Gasteiger partial charge in [-0.15, -0.1) is 0 Å². The molecule has 7 nitrogen and oxygen atoms in total. The zero-order chi connectivity index (χ0) is 11.8. The SMILES string of the molecule is O=C1Nc2ccccc2OC1OS(=O)(=O)O. The third-order valence-electron chi connectivity index (χ3n) is 1.80. The summed E-state index contributed by atoms with van der Waals surface area (Å²) in [5.41, 5.74) is 0.405. The van der Waals surface area contributed by atoms with Gasteiger partial charge in [0.15, 0.2) is 0 Å². The van der Waals surface area contributed by atoms with Crippen LogP contribution in [0.4, 0.5) is 5.69 Å². The fourth-order valence-electron chi connectivity index (χ4n) is 1.21. The molecule has 1 unspecified atom stereocenters. The quantitative estimate of drug-likeness (QED) is 0.720. The molecule has 0 fully saturated rings. The molecule has 0 aliphatic carbocycles. The third kappa shape index (κ3) is 2.30. The van der Waals surface area contributed by atoms with Gasteiger partial charge in [0.05, 0.1) is 5.69 Å². The van der Waals surface area contributed by atoms with Crippen molar-refractivity contribution in [3.8, 4) is 5.75 Å². The standard InChI is InChI=1S/C8H7NO6S/c10-7-8(15-16(11,12)13)14-6-4-2-1-3-5(6)9-7/h1-4,8H,(H,9,10)(H,11,12,13). The van der Waals surface area contributed by atoms with Crippen molar-refractivity contribution in [2.45, 2.75) is 6.29 Å². The molecule has 1 atom stereocenters. The molecule has 16 heavy (non-hydrogen) atoms. The molecular weight excluding hydrogens is 238 g/mol. The van der Waals surface area contributed by atoms with Crippen molar-refractivity contribution in [3.63, 3.8) is 0 Å². The Morgan fingerprint density at radius 1 is 1.38 bits per heavy atom. The summed E-state index contributed by atoms with van der Waals surface area (Å²) < 4.78 is 38.3. The van der Waals surface area contributed by atoms with E-state index in [0.717, 1.165) is 0 Å². The number of hydrogen-bond acceptors (Lipinski definition) is 5. The molecule has 1 amide bonds. The van der Waals surface area contributed by atoms with Gasteiger partial charge in [-0.25, -0.2) is 0 Å². The molecule has 0 spiro atoms. The number of amides is 1. The molecule has 1 aliphatic rings. The fourth-order valence-corrected chi connectivity index (χ4v) is 1.55. The predicted octanol–water partition coefficient (Wildman–Crippen LogP) is 0.163. The van der Waals surface area contributed by atoms with Crippen molar-refractivity contribution in [2.24, 2.45) is 0 Å². The lowest BCUT2D eigenvalue weighted by Gasteiger charge is -2.23. The maximum Gasteiger partial charge on any atom is 0.401 e. The second-order valence-electron chi connectivity index (χ2n) is 2.96. The van der Waals surface area contributed by atoms with Gasteiger partial charge in [0.25, 0.3) is 12.2 Å². The first kappa shape index (κ1) is 10.9. The van der Waals surface area contributed by atoms with Crippen LogP contribution in [0.2, 0.25) is 0 Å². The van der Waals surface area contributed by atoms with Crippen molar-refractivity contribution in [2.75, 3.05) is 5.32 Å². The van der Waals surface area contributed by atoms with E-state index >= 15 is 0 Å². The van der Waals surface area contributed by atoms with Gasteiger partial charge in [0.2, 0.25) is 0 Å². The molecule has 8 heteroatoms. The zero-order valence-corrected chi connectivity index (χ0v) is 8.60. The summed E-state index contributed by atoms with van der Waals surface area (Å²) in [4.78, 5) is 11.3. The molecule has 0 aromatic heterocycles. The van der Waals surface area contributed by atoms with E-state index in [1.165, 1.54) is 6.07 Å². The van der Waals surface area contributed by atoms with Crippen LogP contribution in [0, 0.1) is 0 Å². The van der Waals surface area contributed by atoms with Crippen LogP contribution in [-0.2, 0) is 19.4 Å². The highest BCUT2D eigenvalue weighted by Gasteiger charge is 2.32. The number of carbonyl (C=O) groups excluding carboxylic acids is 1. The van der Waals surface area contributed by atoms with Gasteiger partial charge in [-0.3, -0.25) is 9.35 Å². The molecule has 86 valence electrons. The number of fused-ring (bicyclic) bond motifs is 1. The summed E-state index contributed by atoms with van der Waals surface area (Å²) in [7, 11) is -4.75. The summed E-state index contributed by atoms with van der Waals surface area (Å²) >= 11 is 0. The van der Waals surface area contributed by atoms with Gasteiger partial charge < -0.3 is 10.1 Å². The monoisotopic (exact) mass is 245 g/mol. The number of hydrogen-bond donors (Lipinski definition) is 2. The lowest BCUT2D eigenvalue weighted by Crippen LogP contribution is -2.40. The number of nitrogens with one attached hydrogen (secondary N) is 1. The Balaban J connectivity index is 2.25. The number of para-hydroxylation sites is 2. The van der Waals surface area contributed by atoms with E-state index in [0.29, 0.717) is 5.69 Å². The van der Waals surface area contributed by atoms with Crippen LogP contribution in [0.3, 0.4) is 0 Å². The average Bonchev–Trinajstić information content (AvgIpc) is 2.17. The number of anilines is 1. The molecule has 1 aromatic rings. The molecule has 0 saturated heterocycles. The van der Waals surface area contributed by atoms with Crippen LogP contribution in [0.25, 0.3) is 0 Å². The highest BCUT2D eigenvalue weighted by atomic mass is 32.3. The highest BCUT2D eigenvalue weighted by molar-refractivity contribution is 7.80. The smallest absolute Gasteiger partial charge is 0.401 e. The summed E-state index contributed by atoms with van der Waals surface area (Å²) in [5.74, 6) is -0.549. The van der Waals surface area contributed by atoms with Crippen molar-refractivity contribution in [3.05, 3.63) is 24.3 Å². The minimum absolute atomic E-state index is 0.260. The molecule has 2 rings (SSSR count). The Morgan fingerprint density at radius 3 is 2.75 bits per heavy atom. The van der Waals surface area contributed by atoms with E-state index in [4.69, 9.17) is 9.29 Å². The number of benzene rings is 1. The fraction of sp³-hybridized carbons (Fsp3) is 0.125. The van der Waals surface area contributed by atoms with Gasteiger partial charge in [-0.1, -0.05) is 12.1 Å². The molecule has 1 aromatic carbocycles. The first-order chi connectivity index (χ1) is 7.46. The zero-order valence-electron chi connectivity index (χ0n) is 7.78. The molecule has 1 aliphatic heterocycles. The van der Waals surface area contributed by atoms with Gasteiger partial charge in [0.1, 0.15) is 5.75 Å². The number of ether oxygens (including phenoxy) is 1. The minimum Gasteiger partial charge on any atom is -0.452 e. The normalized spacial score (nSPS) is 19.6. The largest absolute Gasteiger partial charge is 0.452 e. The van der Waals surface area contributed by atoms with Crippen LogP contribution in [0.1, 0.15) is 0 Å². The predicted molar refractivity (Wildman–Crippen MR) is 52.1 cm³/mol. The Morgan fingerprint density at radius 2 is 2.06 bits per heavy atom. The van der Waals surface area contributed by atoms with E-state index in [-0.39, 0.29) is 5.75 Å². The number of carbonyl (C=O) groups is 1. The maximum absolute atomic E-state index is 11.3. The Kier molecular flexibility index (Phi) is 2.54. The number of rotatable bonds is 2. The van der Waals surface area contributed by atoms with E-state index in [9.17, 15) is 13.2 Å². The molecule has 2 N–H and O–H groups in total. The van der Waals surface area contributed by atoms with Crippen molar-refractivity contribution < 1.29 is 26.7 Å². The molecule has 0 radical (unpaired) electrons. The lowest BCUT2D eigenvalue weighted by molar-refractivity contribution is -0.136. The average molecular weight is 245 g/mol. The molecular formula is C8H7NO6S. The van der Waals surface area contributed by atoms with Crippen LogP contribution in [0.5, 0.6) is 5.75 Å². The van der Waals surface area contributed by atoms with Crippen molar-refractivity contribution in [1.82, 2.24) is 0 Å². The van der Waals surface area contributed by atoms with Gasteiger partial charge in [0, 0.05) is 0 Å². The Hall–Kier alpha value is -1.64. The van der Waals surface area contributed by atoms with Crippen LogP contribution >= 0.6 is 0 Å². The summed E-state index contributed by atoms with van der Waals surface area (Å²) in [6.45, 7) is 0. The lowest BCUT2D eigenvalue weighted by atomic mass is 10.2. The van der Waals surface area contributed by atoms with Crippen molar-refractivity contribution >= 4 is 22.0 Å². The highest BCUT2D eigenvalue weighted by Crippen LogP contribution is 2.29. The van der Waals surface area contributed by atoms with Gasteiger partial charge in [-0.2, -0.15) is 12.6 Å². The van der Waals surface area contributed by atoms with Gasteiger partial charge in [-0.05, 0) is 12.1 Å². The molecule has 1 heterocycles.